The Morgan fingerprint density at radius 1 is 1.21 bits per heavy atom. The summed E-state index contributed by atoms with van der Waals surface area (Å²) in [5, 5.41) is 11.1. The molecule has 0 unspecified atom stereocenters. The van der Waals surface area contributed by atoms with Gasteiger partial charge in [0.05, 0.1) is 5.69 Å². The smallest absolute Gasteiger partial charge is 0.217 e. The van der Waals surface area contributed by atoms with Crippen molar-refractivity contribution < 1.29 is 4.79 Å². The normalized spacial score (nSPS) is 22.1. The molecule has 1 heterocycles. The van der Waals surface area contributed by atoms with Crippen LogP contribution in [0.15, 0.2) is 42.7 Å². The van der Waals surface area contributed by atoms with Crippen LogP contribution in [0.4, 0.5) is 0 Å². The third-order valence-electron chi connectivity index (χ3n) is 4.76. The second-order valence-corrected chi connectivity index (χ2v) is 6.68. The Morgan fingerprint density at radius 2 is 1.96 bits per heavy atom. The van der Waals surface area contributed by atoms with Gasteiger partial charge in [-0.05, 0) is 56.4 Å². The number of benzene rings is 1. The van der Waals surface area contributed by atoms with E-state index in [-0.39, 0.29) is 5.91 Å². The lowest BCUT2D eigenvalue weighted by Crippen LogP contribution is -2.42. The van der Waals surface area contributed by atoms with Gasteiger partial charge < -0.3 is 10.6 Å². The van der Waals surface area contributed by atoms with E-state index in [9.17, 15) is 4.79 Å². The summed E-state index contributed by atoms with van der Waals surface area (Å²) < 4.78 is 1.88. The number of aromatic nitrogens is 2. The van der Waals surface area contributed by atoms with E-state index in [0.717, 1.165) is 31.4 Å². The molecule has 5 nitrogen and oxygen atoms in total. The summed E-state index contributed by atoms with van der Waals surface area (Å²) in [6.45, 7) is 3.81. The van der Waals surface area contributed by atoms with Crippen molar-refractivity contribution in [3.63, 3.8) is 0 Å². The number of rotatable bonds is 5. The molecule has 2 aromatic rings. The topological polar surface area (TPSA) is 59.0 Å². The van der Waals surface area contributed by atoms with Crippen LogP contribution >= 0.6 is 0 Å². The standard InChI is InChI=1S/C19H26N4O/c1-14(21-17-7-9-18(10-8-17)22-15(2)24)16-5-3-6-19(13-16)23-12-4-11-20-23/h3-6,11-14,17-18,21H,7-10H2,1-2H3,(H,22,24)/t14-,17?,18?/m0/s1. The molecule has 128 valence electrons. The Kier molecular flexibility index (Phi) is 5.30. The van der Waals surface area contributed by atoms with Gasteiger partial charge in [-0.25, -0.2) is 4.68 Å². The maximum absolute atomic E-state index is 11.2. The average molecular weight is 326 g/mol. The highest BCUT2D eigenvalue weighted by molar-refractivity contribution is 5.73. The van der Waals surface area contributed by atoms with E-state index in [0.29, 0.717) is 18.1 Å². The lowest BCUT2D eigenvalue weighted by atomic mass is 9.90. The van der Waals surface area contributed by atoms with Crippen molar-refractivity contribution in [3.8, 4) is 5.69 Å². The predicted molar refractivity (Wildman–Crippen MR) is 95.0 cm³/mol. The van der Waals surface area contributed by atoms with E-state index in [1.165, 1.54) is 5.56 Å². The quantitative estimate of drug-likeness (QED) is 0.888. The maximum atomic E-state index is 11.2. The van der Waals surface area contributed by atoms with Crippen LogP contribution < -0.4 is 10.6 Å². The molecule has 1 fully saturated rings. The summed E-state index contributed by atoms with van der Waals surface area (Å²) in [6, 6.07) is 11.6. The highest BCUT2D eigenvalue weighted by Crippen LogP contribution is 2.23. The van der Waals surface area contributed by atoms with Crippen molar-refractivity contribution in [2.75, 3.05) is 0 Å². The second-order valence-electron chi connectivity index (χ2n) is 6.68. The summed E-state index contributed by atoms with van der Waals surface area (Å²) in [4.78, 5) is 11.2. The summed E-state index contributed by atoms with van der Waals surface area (Å²) in [6.07, 6.45) is 8.07. The lowest BCUT2D eigenvalue weighted by Gasteiger charge is -2.31. The molecule has 0 aliphatic heterocycles. The van der Waals surface area contributed by atoms with Gasteiger partial charge in [0.15, 0.2) is 0 Å². The molecule has 1 aliphatic carbocycles. The SMILES string of the molecule is CC(=O)NC1CCC(N[C@@H](C)c2cccc(-n3cccn3)c2)CC1. The lowest BCUT2D eigenvalue weighted by molar-refractivity contribution is -0.119. The fourth-order valence-electron chi connectivity index (χ4n) is 3.50. The first kappa shape index (κ1) is 16.7. The average Bonchev–Trinajstić information content (AvgIpc) is 3.11. The molecule has 3 rings (SSSR count). The largest absolute Gasteiger partial charge is 0.354 e. The summed E-state index contributed by atoms with van der Waals surface area (Å²) in [5.41, 5.74) is 2.35. The van der Waals surface area contributed by atoms with Crippen molar-refractivity contribution in [2.24, 2.45) is 0 Å². The molecule has 24 heavy (non-hydrogen) atoms. The van der Waals surface area contributed by atoms with E-state index in [2.05, 4.69) is 46.9 Å². The zero-order chi connectivity index (χ0) is 16.9. The van der Waals surface area contributed by atoms with Crippen LogP contribution in [0, 0.1) is 0 Å². The number of carbonyl (C=O) groups excluding carboxylic acids is 1. The number of carbonyl (C=O) groups is 1. The Labute approximate surface area is 143 Å². The fraction of sp³-hybridized carbons (Fsp3) is 0.474. The minimum Gasteiger partial charge on any atom is -0.354 e. The molecule has 1 aromatic heterocycles. The highest BCUT2D eigenvalue weighted by atomic mass is 16.1. The van der Waals surface area contributed by atoms with E-state index in [4.69, 9.17) is 0 Å². The summed E-state index contributed by atoms with van der Waals surface area (Å²) in [7, 11) is 0. The van der Waals surface area contributed by atoms with Gasteiger partial charge in [0.1, 0.15) is 0 Å². The molecule has 1 atom stereocenters. The molecule has 2 N–H and O–H groups in total. The molecule has 0 bridgehead atoms. The van der Waals surface area contributed by atoms with Gasteiger partial charge in [0.25, 0.3) is 0 Å². The van der Waals surface area contributed by atoms with Gasteiger partial charge in [0, 0.05) is 37.4 Å². The molecule has 1 saturated carbocycles. The van der Waals surface area contributed by atoms with Crippen LogP contribution in [-0.4, -0.2) is 27.8 Å². The van der Waals surface area contributed by atoms with E-state index < -0.39 is 0 Å². The van der Waals surface area contributed by atoms with Crippen LogP contribution in [0.5, 0.6) is 0 Å². The fourth-order valence-corrected chi connectivity index (χ4v) is 3.50. The number of amides is 1. The first-order valence-electron chi connectivity index (χ1n) is 8.75. The minimum absolute atomic E-state index is 0.0789. The van der Waals surface area contributed by atoms with Gasteiger partial charge in [0.2, 0.25) is 5.91 Å². The summed E-state index contributed by atoms with van der Waals surface area (Å²) >= 11 is 0. The monoisotopic (exact) mass is 326 g/mol. The van der Waals surface area contributed by atoms with Crippen LogP contribution in [-0.2, 0) is 4.79 Å². The maximum Gasteiger partial charge on any atom is 0.217 e. The van der Waals surface area contributed by atoms with E-state index >= 15 is 0 Å². The van der Waals surface area contributed by atoms with Gasteiger partial charge in [-0.2, -0.15) is 5.10 Å². The zero-order valence-electron chi connectivity index (χ0n) is 14.4. The predicted octanol–water partition coefficient (Wildman–Crippen LogP) is 2.97. The van der Waals surface area contributed by atoms with Gasteiger partial charge in [-0.1, -0.05) is 12.1 Å². The molecule has 0 saturated heterocycles. The Hall–Kier alpha value is -2.14. The van der Waals surface area contributed by atoms with Crippen molar-refractivity contribution >= 4 is 5.91 Å². The number of nitrogens with zero attached hydrogens (tertiary/aromatic N) is 2. The molecular weight excluding hydrogens is 300 g/mol. The second kappa shape index (κ2) is 7.62. The van der Waals surface area contributed by atoms with Crippen LogP contribution in [0.1, 0.15) is 51.1 Å². The third kappa shape index (κ3) is 4.23. The number of hydrogen-bond donors (Lipinski definition) is 2. The Balaban J connectivity index is 1.57. The molecule has 1 amide bonds. The Bertz CT molecular complexity index is 660. The molecular formula is C19H26N4O. The summed E-state index contributed by atoms with van der Waals surface area (Å²) in [5.74, 6) is 0.0789. The van der Waals surface area contributed by atoms with Gasteiger partial charge >= 0.3 is 0 Å². The first-order valence-corrected chi connectivity index (χ1v) is 8.75. The third-order valence-corrected chi connectivity index (χ3v) is 4.76. The molecule has 5 heteroatoms. The van der Waals surface area contributed by atoms with Crippen molar-refractivity contribution in [3.05, 3.63) is 48.3 Å². The molecule has 0 radical (unpaired) electrons. The number of hydrogen-bond acceptors (Lipinski definition) is 3. The van der Waals surface area contributed by atoms with Gasteiger partial charge in [-0.15, -0.1) is 0 Å². The van der Waals surface area contributed by atoms with Crippen molar-refractivity contribution in [1.29, 1.82) is 0 Å². The van der Waals surface area contributed by atoms with Gasteiger partial charge in [-0.3, -0.25) is 4.79 Å². The van der Waals surface area contributed by atoms with Crippen LogP contribution in [0.2, 0.25) is 0 Å². The van der Waals surface area contributed by atoms with Crippen molar-refractivity contribution in [1.82, 2.24) is 20.4 Å². The molecule has 1 aliphatic rings. The van der Waals surface area contributed by atoms with E-state index in [1.807, 2.05) is 16.9 Å². The molecule has 1 aromatic carbocycles. The number of nitrogens with one attached hydrogen (secondary N) is 2. The Morgan fingerprint density at radius 3 is 2.62 bits per heavy atom. The minimum atomic E-state index is 0.0789. The van der Waals surface area contributed by atoms with E-state index in [1.54, 1.807) is 13.1 Å². The molecule has 0 spiro atoms. The van der Waals surface area contributed by atoms with Crippen LogP contribution in [0.25, 0.3) is 5.69 Å². The highest BCUT2D eigenvalue weighted by Gasteiger charge is 2.22. The zero-order valence-corrected chi connectivity index (χ0v) is 14.4. The first-order chi connectivity index (χ1) is 11.6. The van der Waals surface area contributed by atoms with Crippen LogP contribution in [0.3, 0.4) is 0 Å². The van der Waals surface area contributed by atoms with Crippen molar-refractivity contribution in [2.45, 2.75) is 57.7 Å².